The second kappa shape index (κ2) is 10.00. The molecule has 144 valence electrons. The van der Waals surface area contributed by atoms with Gasteiger partial charge in [-0.1, -0.05) is 30.3 Å². The highest BCUT2D eigenvalue weighted by Crippen LogP contribution is 2.26. The fourth-order valence-corrected chi connectivity index (χ4v) is 2.98. The third-order valence-electron chi connectivity index (χ3n) is 4.41. The molecule has 1 amide bonds. The van der Waals surface area contributed by atoms with Crippen molar-refractivity contribution in [1.82, 2.24) is 4.90 Å². The van der Waals surface area contributed by atoms with Crippen LogP contribution in [-0.4, -0.2) is 31.0 Å². The van der Waals surface area contributed by atoms with Crippen LogP contribution in [0.3, 0.4) is 0 Å². The quantitative estimate of drug-likeness (QED) is 0.637. The van der Waals surface area contributed by atoms with E-state index in [0.717, 1.165) is 34.3 Å². The number of hydrogen-bond acceptors (Lipinski definition) is 4. The number of nitrogens with zero attached hydrogens (tertiary/aromatic N) is 1. The first-order valence-electron chi connectivity index (χ1n) is 8.77. The lowest BCUT2D eigenvalue weighted by atomic mass is 10.1. The van der Waals surface area contributed by atoms with Gasteiger partial charge >= 0.3 is 0 Å². The monoisotopic (exact) mass is 388 g/mol. The van der Waals surface area contributed by atoms with E-state index < -0.39 is 0 Å². The highest BCUT2D eigenvalue weighted by atomic mass is 35.5. The van der Waals surface area contributed by atoms with Crippen molar-refractivity contribution in [2.24, 2.45) is 5.73 Å². The van der Waals surface area contributed by atoms with Crippen LogP contribution >= 0.6 is 12.4 Å². The third kappa shape index (κ3) is 5.25. The number of amides is 1. The highest BCUT2D eigenvalue weighted by Gasteiger charge is 2.17. The molecule has 1 aromatic heterocycles. The number of benzene rings is 2. The van der Waals surface area contributed by atoms with Gasteiger partial charge in [0.05, 0.1) is 19.8 Å². The molecule has 3 aromatic rings. The molecule has 5 nitrogen and oxygen atoms in total. The van der Waals surface area contributed by atoms with Crippen LogP contribution in [0, 0.1) is 0 Å². The maximum Gasteiger partial charge on any atom is 0.227 e. The van der Waals surface area contributed by atoms with Crippen molar-refractivity contribution in [3.63, 3.8) is 0 Å². The summed E-state index contributed by atoms with van der Waals surface area (Å²) in [5.74, 6) is 0.805. The normalized spacial score (nSPS) is 10.4. The first-order chi connectivity index (χ1) is 12.7. The summed E-state index contributed by atoms with van der Waals surface area (Å²) in [5, 5.41) is 0.942. The Kier molecular flexibility index (Phi) is 7.70. The smallest absolute Gasteiger partial charge is 0.227 e. The number of hydrogen-bond donors (Lipinski definition) is 1. The molecule has 0 bridgehead atoms. The minimum atomic E-state index is 0. The number of furan rings is 1. The molecule has 0 aliphatic heterocycles. The van der Waals surface area contributed by atoms with Crippen molar-refractivity contribution in [2.75, 3.05) is 20.2 Å². The Morgan fingerprint density at radius 1 is 1.19 bits per heavy atom. The maximum absolute atomic E-state index is 12.9. The maximum atomic E-state index is 12.9. The Labute approximate surface area is 165 Å². The van der Waals surface area contributed by atoms with E-state index in [-0.39, 0.29) is 18.3 Å². The summed E-state index contributed by atoms with van der Waals surface area (Å²) < 4.78 is 10.8. The van der Waals surface area contributed by atoms with E-state index in [1.807, 2.05) is 53.4 Å². The number of fused-ring (bicyclic) bond motifs is 1. The van der Waals surface area contributed by atoms with Crippen LogP contribution in [0.1, 0.15) is 17.5 Å². The summed E-state index contributed by atoms with van der Waals surface area (Å²) >= 11 is 0. The Morgan fingerprint density at radius 2 is 1.96 bits per heavy atom. The summed E-state index contributed by atoms with van der Waals surface area (Å²) in [4.78, 5) is 14.8. The summed E-state index contributed by atoms with van der Waals surface area (Å²) in [6, 6.07) is 15.6. The highest BCUT2D eigenvalue weighted by molar-refractivity contribution is 5.88. The lowest BCUT2D eigenvalue weighted by molar-refractivity contribution is -0.131. The van der Waals surface area contributed by atoms with E-state index in [2.05, 4.69) is 0 Å². The largest absolute Gasteiger partial charge is 0.497 e. The van der Waals surface area contributed by atoms with Crippen molar-refractivity contribution in [2.45, 2.75) is 19.4 Å². The molecule has 1 heterocycles. The van der Waals surface area contributed by atoms with Gasteiger partial charge in [-0.05, 0) is 30.7 Å². The van der Waals surface area contributed by atoms with Gasteiger partial charge in [-0.3, -0.25) is 4.79 Å². The van der Waals surface area contributed by atoms with Crippen molar-refractivity contribution in [3.8, 4) is 5.75 Å². The molecule has 0 radical (unpaired) electrons. The van der Waals surface area contributed by atoms with Gasteiger partial charge in [-0.15, -0.1) is 12.4 Å². The molecule has 2 N–H and O–H groups in total. The number of halogens is 1. The minimum Gasteiger partial charge on any atom is -0.497 e. The van der Waals surface area contributed by atoms with Crippen LogP contribution in [0.2, 0.25) is 0 Å². The SMILES string of the molecule is COc1ccc2c(CC(=O)N(CCCN)Cc3ccccc3)coc2c1.Cl. The average Bonchev–Trinajstić information content (AvgIpc) is 3.07. The van der Waals surface area contributed by atoms with Crippen molar-refractivity contribution >= 4 is 29.3 Å². The minimum absolute atomic E-state index is 0. The molecular formula is C21H25ClN2O3. The first-order valence-corrected chi connectivity index (χ1v) is 8.77. The van der Waals surface area contributed by atoms with Crippen LogP contribution in [0.5, 0.6) is 5.75 Å². The van der Waals surface area contributed by atoms with Gasteiger partial charge in [0.2, 0.25) is 5.91 Å². The molecule has 0 spiro atoms. The molecule has 2 aromatic carbocycles. The number of nitrogens with two attached hydrogens (primary N) is 1. The van der Waals surface area contributed by atoms with Crippen LogP contribution in [0.4, 0.5) is 0 Å². The molecule has 3 rings (SSSR count). The van der Waals surface area contributed by atoms with E-state index in [0.29, 0.717) is 26.1 Å². The zero-order valence-electron chi connectivity index (χ0n) is 15.4. The zero-order valence-corrected chi connectivity index (χ0v) is 16.2. The molecule has 0 aliphatic carbocycles. The lowest BCUT2D eigenvalue weighted by Crippen LogP contribution is -2.33. The van der Waals surface area contributed by atoms with Gasteiger partial charge in [0, 0.05) is 30.1 Å². The van der Waals surface area contributed by atoms with Crippen LogP contribution in [-0.2, 0) is 17.8 Å². The molecule has 0 saturated heterocycles. The van der Waals surface area contributed by atoms with Gasteiger partial charge in [-0.25, -0.2) is 0 Å². The van der Waals surface area contributed by atoms with Crippen LogP contribution in [0.25, 0.3) is 11.0 Å². The number of ether oxygens (including phenoxy) is 1. The van der Waals surface area contributed by atoms with Crippen LogP contribution in [0.15, 0.2) is 59.2 Å². The lowest BCUT2D eigenvalue weighted by Gasteiger charge is -2.22. The van der Waals surface area contributed by atoms with E-state index in [9.17, 15) is 4.79 Å². The van der Waals surface area contributed by atoms with Gasteiger partial charge < -0.3 is 19.8 Å². The second-order valence-electron chi connectivity index (χ2n) is 6.24. The first kappa shape index (κ1) is 20.8. The standard InChI is InChI=1S/C21H24N2O3.ClH/c1-25-18-8-9-19-17(15-26-20(19)13-18)12-21(24)23(11-5-10-22)14-16-6-3-2-4-7-16;/h2-4,6-9,13,15H,5,10-12,14,22H2,1H3;1H. The van der Waals surface area contributed by atoms with E-state index in [4.69, 9.17) is 14.9 Å². The number of rotatable bonds is 8. The predicted molar refractivity (Wildman–Crippen MR) is 109 cm³/mol. The van der Waals surface area contributed by atoms with Gasteiger partial charge in [0.15, 0.2) is 0 Å². The van der Waals surface area contributed by atoms with E-state index in [1.165, 1.54) is 0 Å². The summed E-state index contributed by atoms with van der Waals surface area (Å²) in [6.45, 7) is 1.80. The summed E-state index contributed by atoms with van der Waals surface area (Å²) in [6.07, 6.45) is 2.74. The molecular weight excluding hydrogens is 364 g/mol. The molecule has 27 heavy (non-hydrogen) atoms. The van der Waals surface area contributed by atoms with Crippen LogP contribution < -0.4 is 10.5 Å². The summed E-state index contributed by atoms with van der Waals surface area (Å²) in [5.41, 5.74) is 8.37. The number of carbonyl (C=O) groups excluding carboxylic acids is 1. The fraction of sp³-hybridized carbons (Fsp3) is 0.286. The molecule has 0 fully saturated rings. The molecule has 0 aliphatic rings. The van der Waals surface area contributed by atoms with Crippen molar-refractivity contribution < 1.29 is 13.9 Å². The van der Waals surface area contributed by atoms with Gasteiger partial charge in [-0.2, -0.15) is 0 Å². The molecule has 0 unspecified atom stereocenters. The predicted octanol–water partition coefficient (Wildman–Crippen LogP) is 3.78. The number of carbonyl (C=O) groups is 1. The molecule has 6 heteroatoms. The van der Waals surface area contributed by atoms with E-state index >= 15 is 0 Å². The van der Waals surface area contributed by atoms with Gasteiger partial charge in [0.25, 0.3) is 0 Å². The van der Waals surface area contributed by atoms with Crippen molar-refractivity contribution in [3.05, 3.63) is 65.9 Å². The van der Waals surface area contributed by atoms with Crippen molar-refractivity contribution in [1.29, 1.82) is 0 Å². The average molecular weight is 389 g/mol. The summed E-state index contributed by atoms with van der Waals surface area (Å²) in [7, 11) is 1.62. The topological polar surface area (TPSA) is 68.7 Å². The Bertz CT molecular complexity index is 864. The second-order valence-corrected chi connectivity index (χ2v) is 6.24. The fourth-order valence-electron chi connectivity index (χ4n) is 2.98. The van der Waals surface area contributed by atoms with Gasteiger partial charge in [0.1, 0.15) is 11.3 Å². The Balaban J connectivity index is 0.00000261. The third-order valence-corrected chi connectivity index (χ3v) is 4.41. The van der Waals surface area contributed by atoms with E-state index in [1.54, 1.807) is 13.4 Å². The number of methoxy groups -OCH3 is 1. The molecule has 0 atom stereocenters. The Morgan fingerprint density at radius 3 is 2.67 bits per heavy atom. The zero-order chi connectivity index (χ0) is 18.4. The molecule has 0 saturated carbocycles. The Hall–Kier alpha value is -2.50.